The van der Waals surface area contributed by atoms with Crippen LogP contribution in [-0.4, -0.2) is 16.3 Å². The van der Waals surface area contributed by atoms with Crippen LogP contribution in [0.15, 0.2) is 97.1 Å². The first-order valence-corrected chi connectivity index (χ1v) is 11.0. The maximum absolute atomic E-state index is 5.95. The Kier molecular flexibility index (Phi) is 4.61. The van der Waals surface area contributed by atoms with E-state index in [4.69, 9.17) is 9.84 Å². The van der Waals surface area contributed by atoms with Crippen molar-refractivity contribution in [2.75, 3.05) is 11.9 Å². The number of nitrogens with zero attached hydrogens (tertiary/aromatic N) is 2. The summed E-state index contributed by atoms with van der Waals surface area (Å²) < 4.78 is 7.98. The van der Waals surface area contributed by atoms with Crippen molar-refractivity contribution in [3.05, 3.63) is 108 Å². The number of hydrogen-bond acceptors (Lipinski definition) is 3. The minimum atomic E-state index is 0.560. The number of aromatic nitrogens is 2. The van der Waals surface area contributed by atoms with E-state index in [1.807, 2.05) is 35.0 Å². The third kappa shape index (κ3) is 3.30. The van der Waals surface area contributed by atoms with E-state index < -0.39 is 0 Å². The number of nitrogens with one attached hydrogen (secondary N) is 1. The molecular weight excluding hydrogens is 394 g/mol. The Balaban J connectivity index is 1.34. The topological polar surface area (TPSA) is 39.1 Å². The van der Waals surface area contributed by atoms with Crippen LogP contribution < -0.4 is 10.1 Å². The first-order chi connectivity index (χ1) is 15.9. The fourth-order valence-electron chi connectivity index (χ4n) is 4.43. The van der Waals surface area contributed by atoms with E-state index in [9.17, 15) is 0 Å². The molecule has 0 fully saturated rings. The molecule has 4 nitrogen and oxygen atoms in total. The molecule has 0 unspecified atom stereocenters. The molecule has 5 aromatic rings. The van der Waals surface area contributed by atoms with Crippen molar-refractivity contribution in [1.82, 2.24) is 9.78 Å². The standard InChI is InChI=1S/C28H23N3O/c1-2-7-20(8-3-1)19-32-23-15-13-22(14-16-23)31-28-26(17-18-29-28)27(30-31)25-12-6-10-21-9-4-5-11-24(21)25/h1-16,29H,17-19H2. The fourth-order valence-corrected chi connectivity index (χ4v) is 4.43. The SMILES string of the molecule is c1ccc(COc2ccc(-n3nc(-c4cccc5ccccc45)c4c3NCC4)cc2)cc1. The molecule has 0 amide bonds. The van der Waals surface area contributed by atoms with Gasteiger partial charge in [0, 0.05) is 17.7 Å². The van der Waals surface area contributed by atoms with Crippen LogP contribution in [0.5, 0.6) is 5.75 Å². The summed E-state index contributed by atoms with van der Waals surface area (Å²) in [6.45, 7) is 1.49. The summed E-state index contributed by atoms with van der Waals surface area (Å²) in [5.74, 6) is 1.94. The Bertz CT molecular complexity index is 1380. The predicted molar refractivity (Wildman–Crippen MR) is 129 cm³/mol. The Labute approximate surface area is 187 Å². The molecule has 2 heterocycles. The van der Waals surface area contributed by atoms with Gasteiger partial charge in [-0.1, -0.05) is 72.8 Å². The highest BCUT2D eigenvalue weighted by Gasteiger charge is 2.24. The van der Waals surface area contributed by atoms with Gasteiger partial charge in [-0.05, 0) is 47.0 Å². The molecule has 0 atom stereocenters. The maximum Gasteiger partial charge on any atom is 0.133 e. The van der Waals surface area contributed by atoms with Gasteiger partial charge in [-0.15, -0.1) is 0 Å². The zero-order chi connectivity index (χ0) is 21.3. The molecule has 0 aliphatic carbocycles. The van der Waals surface area contributed by atoms with E-state index in [0.29, 0.717) is 6.61 Å². The average molecular weight is 418 g/mol. The van der Waals surface area contributed by atoms with Gasteiger partial charge in [0.2, 0.25) is 0 Å². The third-order valence-electron chi connectivity index (χ3n) is 6.03. The van der Waals surface area contributed by atoms with Crippen LogP contribution in [0.3, 0.4) is 0 Å². The van der Waals surface area contributed by atoms with Gasteiger partial charge >= 0.3 is 0 Å². The first-order valence-electron chi connectivity index (χ1n) is 11.0. The highest BCUT2D eigenvalue weighted by atomic mass is 16.5. The third-order valence-corrected chi connectivity index (χ3v) is 6.03. The number of hydrogen-bond donors (Lipinski definition) is 1. The van der Waals surface area contributed by atoms with Crippen molar-refractivity contribution in [1.29, 1.82) is 0 Å². The molecule has 0 saturated carbocycles. The van der Waals surface area contributed by atoms with E-state index in [1.165, 1.54) is 21.9 Å². The quantitative estimate of drug-likeness (QED) is 0.368. The zero-order valence-electron chi connectivity index (χ0n) is 17.7. The van der Waals surface area contributed by atoms with E-state index in [2.05, 4.69) is 72.0 Å². The predicted octanol–water partition coefficient (Wildman–Crippen LogP) is 6.24. The Morgan fingerprint density at radius 2 is 1.59 bits per heavy atom. The number of benzene rings is 4. The normalized spacial score (nSPS) is 12.5. The number of rotatable bonds is 5. The summed E-state index contributed by atoms with van der Waals surface area (Å²) in [5, 5.41) is 11.1. The highest BCUT2D eigenvalue weighted by Crippen LogP contribution is 2.37. The number of fused-ring (bicyclic) bond motifs is 2. The van der Waals surface area contributed by atoms with E-state index in [1.54, 1.807) is 0 Å². The molecule has 4 heteroatoms. The lowest BCUT2D eigenvalue weighted by Gasteiger charge is -2.09. The first kappa shape index (κ1) is 18.7. The molecule has 1 aliphatic heterocycles. The summed E-state index contributed by atoms with van der Waals surface area (Å²) in [5.41, 5.74) is 5.71. The van der Waals surface area contributed by atoms with Crippen molar-refractivity contribution < 1.29 is 4.74 Å². The molecule has 1 aromatic heterocycles. The molecule has 6 rings (SSSR count). The smallest absolute Gasteiger partial charge is 0.133 e. The Morgan fingerprint density at radius 1 is 0.812 bits per heavy atom. The summed E-state index contributed by atoms with van der Waals surface area (Å²) >= 11 is 0. The second kappa shape index (κ2) is 7.89. The van der Waals surface area contributed by atoms with E-state index >= 15 is 0 Å². The van der Waals surface area contributed by atoms with Gasteiger partial charge in [-0.25, -0.2) is 4.68 Å². The fraction of sp³-hybridized carbons (Fsp3) is 0.107. The number of ether oxygens (including phenoxy) is 1. The van der Waals surface area contributed by atoms with Crippen molar-refractivity contribution in [3.8, 4) is 22.7 Å². The molecule has 1 aliphatic rings. The second-order valence-electron chi connectivity index (χ2n) is 8.06. The van der Waals surface area contributed by atoms with Crippen LogP contribution in [0.1, 0.15) is 11.1 Å². The van der Waals surface area contributed by atoms with Crippen LogP contribution >= 0.6 is 0 Å². The summed E-state index contributed by atoms with van der Waals surface area (Å²) in [4.78, 5) is 0. The van der Waals surface area contributed by atoms with E-state index in [0.717, 1.165) is 41.5 Å². The lowest BCUT2D eigenvalue weighted by molar-refractivity contribution is 0.306. The Morgan fingerprint density at radius 3 is 2.47 bits per heavy atom. The lowest BCUT2D eigenvalue weighted by atomic mass is 9.99. The molecule has 156 valence electrons. The van der Waals surface area contributed by atoms with Crippen LogP contribution in [0, 0.1) is 0 Å². The van der Waals surface area contributed by atoms with Gasteiger partial charge in [-0.3, -0.25) is 0 Å². The van der Waals surface area contributed by atoms with Gasteiger partial charge in [-0.2, -0.15) is 5.10 Å². The van der Waals surface area contributed by atoms with Crippen molar-refractivity contribution in [2.24, 2.45) is 0 Å². The molecule has 1 N–H and O–H groups in total. The van der Waals surface area contributed by atoms with Crippen LogP contribution in [0.2, 0.25) is 0 Å². The van der Waals surface area contributed by atoms with Gasteiger partial charge in [0.15, 0.2) is 0 Å². The molecule has 0 radical (unpaired) electrons. The average Bonchev–Trinajstić information content (AvgIpc) is 3.47. The molecule has 0 saturated heterocycles. The summed E-state index contributed by atoms with van der Waals surface area (Å²) in [7, 11) is 0. The van der Waals surface area contributed by atoms with Crippen molar-refractivity contribution in [3.63, 3.8) is 0 Å². The minimum absolute atomic E-state index is 0.560. The van der Waals surface area contributed by atoms with Gasteiger partial charge < -0.3 is 10.1 Å². The Hall–Kier alpha value is -4.05. The summed E-state index contributed by atoms with van der Waals surface area (Å²) in [6.07, 6.45) is 0.978. The largest absolute Gasteiger partial charge is 0.489 e. The lowest BCUT2D eigenvalue weighted by Crippen LogP contribution is -2.04. The van der Waals surface area contributed by atoms with Crippen molar-refractivity contribution >= 4 is 16.6 Å². The minimum Gasteiger partial charge on any atom is -0.489 e. The van der Waals surface area contributed by atoms with Gasteiger partial charge in [0.25, 0.3) is 0 Å². The highest BCUT2D eigenvalue weighted by molar-refractivity contribution is 5.97. The van der Waals surface area contributed by atoms with Crippen LogP contribution in [0.4, 0.5) is 5.82 Å². The maximum atomic E-state index is 5.95. The second-order valence-corrected chi connectivity index (χ2v) is 8.06. The number of anilines is 1. The molecule has 4 aromatic carbocycles. The van der Waals surface area contributed by atoms with Gasteiger partial charge in [0.05, 0.1) is 11.4 Å². The van der Waals surface area contributed by atoms with Crippen LogP contribution in [0.25, 0.3) is 27.7 Å². The summed E-state index contributed by atoms with van der Waals surface area (Å²) in [6, 6.07) is 33.3. The van der Waals surface area contributed by atoms with Crippen molar-refractivity contribution in [2.45, 2.75) is 13.0 Å². The monoisotopic (exact) mass is 417 g/mol. The molecule has 0 bridgehead atoms. The van der Waals surface area contributed by atoms with E-state index in [-0.39, 0.29) is 0 Å². The van der Waals surface area contributed by atoms with Gasteiger partial charge in [0.1, 0.15) is 18.2 Å². The zero-order valence-corrected chi connectivity index (χ0v) is 17.7. The molecule has 32 heavy (non-hydrogen) atoms. The van der Waals surface area contributed by atoms with Crippen LogP contribution in [-0.2, 0) is 13.0 Å². The molecule has 0 spiro atoms. The molecular formula is C28H23N3O.